The molecule has 0 aromatic heterocycles. The van der Waals surface area contributed by atoms with E-state index >= 15 is 0 Å². The molecule has 0 spiro atoms. The number of carboxylic acids is 1. The molecule has 0 aliphatic carbocycles. The molecule has 1 rings (SSSR count). The summed E-state index contributed by atoms with van der Waals surface area (Å²) in [4.78, 5) is 10.4. The van der Waals surface area contributed by atoms with E-state index in [-0.39, 0.29) is 11.5 Å². The van der Waals surface area contributed by atoms with Crippen LogP contribution in [0.2, 0.25) is 0 Å². The zero-order chi connectivity index (χ0) is 13.5. The largest absolute Gasteiger partial charge is 0.504 e. The number of carbonyl (C=O) groups is 1. The molecule has 1 aromatic rings. The Labute approximate surface area is 104 Å². The zero-order valence-corrected chi connectivity index (χ0v) is 9.62. The van der Waals surface area contributed by atoms with Crippen molar-refractivity contribution in [3.05, 3.63) is 35.4 Å². The molecule has 0 amide bonds. The molecule has 0 aliphatic rings. The number of allylic oxidation sites excluding steroid dienone is 1. The van der Waals surface area contributed by atoms with Gasteiger partial charge >= 0.3 is 5.97 Å². The summed E-state index contributed by atoms with van der Waals surface area (Å²) < 4.78 is 4.96. The van der Waals surface area contributed by atoms with Crippen LogP contribution >= 0.6 is 0 Å². The van der Waals surface area contributed by atoms with Crippen molar-refractivity contribution in [3.8, 4) is 17.6 Å². The minimum atomic E-state index is -1.07. The molecule has 18 heavy (non-hydrogen) atoms. The van der Waals surface area contributed by atoms with Gasteiger partial charge in [0.15, 0.2) is 11.5 Å². The number of benzene rings is 1. The standard InChI is InChI=1S/C13H11NO4/c1-18-11-8-9(4-5-12(15)16)7-10(13(11)17)3-2-6-14/h2-5,7-8,17H,1H3,(H,15,16). The third-order valence-corrected chi connectivity index (χ3v) is 2.10. The van der Waals surface area contributed by atoms with Gasteiger partial charge in [-0.3, -0.25) is 0 Å². The monoisotopic (exact) mass is 245 g/mol. The molecule has 0 atom stereocenters. The summed E-state index contributed by atoms with van der Waals surface area (Å²) in [5.41, 5.74) is 0.922. The van der Waals surface area contributed by atoms with Crippen LogP contribution in [-0.4, -0.2) is 23.3 Å². The number of aliphatic carboxylic acids is 1. The molecule has 92 valence electrons. The van der Waals surface area contributed by atoms with Crippen LogP contribution in [0.5, 0.6) is 11.5 Å². The van der Waals surface area contributed by atoms with E-state index in [1.165, 1.54) is 31.4 Å². The molecule has 0 unspecified atom stereocenters. The Kier molecular flexibility index (Phi) is 4.52. The maximum Gasteiger partial charge on any atom is 0.328 e. The molecule has 5 heteroatoms. The lowest BCUT2D eigenvalue weighted by atomic mass is 10.1. The van der Waals surface area contributed by atoms with Crippen molar-refractivity contribution in [1.29, 1.82) is 5.26 Å². The van der Waals surface area contributed by atoms with E-state index < -0.39 is 5.97 Å². The van der Waals surface area contributed by atoms with Crippen LogP contribution in [0.25, 0.3) is 12.2 Å². The van der Waals surface area contributed by atoms with Crippen LogP contribution in [-0.2, 0) is 4.79 Å². The Morgan fingerprint density at radius 2 is 2.17 bits per heavy atom. The fraction of sp³-hybridized carbons (Fsp3) is 0.0769. The normalized spacial score (nSPS) is 10.7. The maximum atomic E-state index is 10.4. The molecule has 0 saturated carbocycles. The van der Waals surface area contributed by atoms with Gasteiger partial charge in [0.25, 0.3) is 0 Å². The van der Waals surface area contributed by atoms with E-state index in [0.717, 1.165) is 6.08 Å². The highest BCUT2D eigenvalue weighted by Crippen LogP contribution is 2.32. The van der Waals surface area contributed by atoms with Gasteiger partial charge in [0, 0.05) is 17.7 Å². The minimum absolute atomic E-state index is 0.100. The van der Waals surface area contributed by atoms with Crippen molar-refractivity contribution in [2.75, 3.05) is 7.11 Å². The van der Waals surface area contributed by atoms with Crippen LogP contribution < -0.4 is 4.74 Å². The molecular formula is C13H11NO4. The van der Waals surface area contributed by atoms with Crippen molar-refractivity contribution in [1.82, 2.24) is 0 Å². The Hall–Kier alpha value is -2.74. The summed E-state index contributed by atoms with van der Waals surface area (Å²) in [5, 5.41) is 26.8. The molecule has 2 N–H and O–H groups in total. The van der Waals surface area contributed by atoms with Gasteiger partial charge in [-0.2, -0.15) is 5.26 Å². The summed E-state index contributed by atoms with van der Waals surface area (Å²) in [5.74, 6) is -0.965. The molecular weight excluding hydrogens is 234 g/mol. The van der Waals surface area contributed by atoms with Crippen LogP contribution in [0.15, 0.2) is 24.3 Å². The topological polar surface area (TPSA) is 90.5 Å². The third-order valence-electron chi connectivity index (χ3n) is 2.10. The highest BCUT2D eigenvalue weighted by atomic mass is 16.5. The summed E-state index contributed by atoms with van der Waals surface area (Å²) in [7, 11) is 1.39. The predicted octanol–water partition coefficient (Wildman–Crippen LogP) is 2.04. The summed E-state index contributed by atoms with van der Waals surface area (Å²) in [6.07, 6.45) is 4.97. The fourth-order valence-electron chi connectivity index (χ4n) is 1.33. The van der Waals surface area contributed by atoms with Gasteiger partial charge in [-0.15, -0.1) is 0 Å². The highest BCUT2D eigenvalue weighted by Gasteiger charge is 2.07. The molecule has 0 radical (unpaired) electrons. The van der Waals surface area contributed by atoms with Gasteiger partial charge in [0.2, 0.25) is 0 Å². The number of hydrogen-bond donors (Lipinski definition) is 2. The first kappa shape index (κ1) is 13.3. The number of hydrogen-bond acceptors (Lipinski definition) is 4. The van der Waals surface area contributed by atoms with Gasteiger partial charge in [-0.1, -0.05) is 0 Å². The van der Waals surface area contributed by atoms with Crippen LogP contribution in [0, 0.1) is 11.3 Å². The maximum absolute atomic E-state index is 10.4. The summed E-state index contributed by atoms with van der Waals surface area (Å²) in [6, 6.07) is 4.85. The highest BCUT2D eigenvalue weighted by molar-refractivity contribution is 5.85. The smallest absolute Gasteiger partial charge is 0.328 e. The first-order valence-corrected chi connectivity index (χ1v) is 4.96. The lowest BCUT2D eigenvalue weighted by Crippen LogP contribution is -1.89. The van der Waals surface area contributed by atoms with Crippen LogP contribution in [0.4, 0.5) is 0 Å². The summed E-state index contributed by atoms with van der Waals surface area (Å²) >= 11 is 0. The quantitative estimate of drug-likeness (QED) is 0.625. The molecule has 0 bridgehead atoms. The van der Waals surface area contributed by atoms with Crippen LogP contribution in [0.1, 0.15) is 11.1 Å². The van der Waals surface area contributed by atoms with E-state index in [9.17, 15) is 9.90 Å². The van der Waals surface area contributed by atoms with E-state index in [1.54, 1.807) is 12.1 Å². The van der Waals surface area contributed by atoms with Crippen molar-refractivity contribution >= 4 is 18.1 Å². The second-order valence-electron chi connectivity index (χ2n) is 3.30. The Morgan fingerprint density at radius 1 is 1.44 bits per heavy atom. The van der Waals surface area contributed by atoms with Gasteiger partial charge in [-0.05, 0) is 29.8 Å². The molecule has 5 nitrogen and oxygen atoms in total. The Bertz CT molecular complexity index is 553. The van der Waals surface area contributed by atoms with Gasteiger partial charge in [0.1, 0.15) is 0 Å². The van der Waals surface area contributed by atoms with Gasteiger partial charge in [0.05, 0.1) is 13.2 Å². The molecule has 0 heterocycles. The minimum Gasteiger partial charge on any atom is -0.504 e. The average Bonchev–Trinajstić information content (AvgIpc) is 2.35. The second-order valence-corrected chi connectivity index (χ2v) is 3.30. The van der Waals surface area contributed by atoms with Crippen molar-refractivity contribution in [3.63, 3.8) is 0 Å². The van der Waals surface area contributed by atoms with Crippen LogP contribution in [0.3, 0.4) is 0 Å². The summed E-state index contributed by atoms with van der Waals surface area (Å²) in [6.45, 7) is 0. The molecule has 0 aliphatic heterocycles. The van der Waals surface area contributed by atoms with E-state index in [4.69, 9.17) is 15.1 Å². The Morgan fingerprint density at radius 3 is 2.72 bits per heavy atom. The first-order valence-electron chi connectivity index (χ1n) is 4.96. The number of ether oxygens (including phenoxy) is 1. The van der Waals surface area contributed by atoms with Crippen molar-refractivity contribution < 1.29 is 19.7 Å². The van der Waals surface area contributed by atoms with Crippen molar-refractivity contribution in [2.24, 2.45) is 0 Å². The second kappa shape index (κ2) is 6.11. The van der Waals surface area contributed by atoms with Crippen molar-refractivity contribution in [2.45, 2.75) is 0 Å². The molecule has 0 fully saturated rings. The SMILES string of the molecule is COc1cc(C=CC(=O)O)cc(C=CC#N)c1O. The molecule has 0 saturated heterocycles. The molecule has 1 aromatic carbocycles. The predicted molar refractivity (Wildman–Crippen MR) is 66.0 cm³/mol. The number of aromatic hydroxyl groups is 1. The van der Waals surface area contributed by atoms with E-state index in [2.05, 4.69) is 0 Å². The Balaban J connectivity index is 3.26. The number of nitriles is 1. The number of phenolic OH excluding ortho intramolecular Hbond substituents is 1. The number of methoxy groups -OCH3 is 1. The lowest BCUT2D eigenvalue weighted by Gasteiger charge is -2.07. The van der Waals surface area contributed by atoms with E-state index in [0.29, 0.717) is 11.1 Å². The number of nitrogens with zero attached hydrogens (tertiary/aromatic N) is 1. The zero-order valence-electron chi connectivity index (χ0n) is 9.62. The van der Waals surface area contributed by atoms with E-state index in [1.807, 2.05) is 0 Å². The first-order chi connectivity index (χ1) is 8.58. The number of phenols is 1. The van der Waals surface area contributed by atoms with Gasteiger partial charge in [-0.25, -0.2) is 4.79 Å². The number of rotatable bonds is 4. The number of carboxylic acid groups (broad SMARTS) is 1. The average molecular weight is 245 g/mol. The fourth-order valence-corrected chi connectivity index (χ4v) is 1.33. The lowest BCUT2D eigenvalue weighted by molar-refractivity contribution is -0.131. The third kappa shape index (κ3) is 3.39. The van der Waals surface area contributed by atoms with Gasteiger partial charge < -0.3 is 14.9 Å².